The van der Waals surface area contributed by atoms with Crippen LogP contribution < -0.4 is 0 Å². The number of aliphatic hydroxyl groups excluding tert-OH is 1. The average Bonchev–Trinajstić information content (AvgIpc) is 2.75. The standard InChI is InChI=1S/C10H10N2OS.C2H6/c13-7-1-6(2-7)8-3-11-4-9-10(8)12-5-14-9;1-2/h3-7,13H,1-2H2;1-2H3. The molecule has 0 aliphatic heterocycles. The molecule has 1 saturated carbocycles. The summed E-state index contributed by atoms with van der Waals surface area (Å²) in [5, 5.41) is 9.26. The molecule has 0 atom stereocenters. The van der Waals surface area contributed by atoms with E-state index >= 15 is 0 Å². The Hall–Kier alpha value is -1.00. The van der Waals surface area contributed by atoms with E-state index in [1.807, 2.05) is 31.8 Å². The van der Waals surface area contributed by atoms with Crippen molar-refractivity contribution in [2.45, 2.75) is 38.7 Å². The minimum atomic E-state index is -0.117. The van der Waals surface area contributed by atoms with Gasteiger partial charge in [-0.3, -0.25) is 4.98 Å². The van der Waals surface area contributed by atoms with Gasteiger partial charge in [0.1, 0.15) is 0 Å². The molecule has 2 heterocycles. The molecule has 0 saturated heterocycles. The molecule has 1 aliphatic rings. The number of hydrogen-bond donors (Lipinski definition) is 1. The van der Waals surface area contributed by atoms with Gasteiger partial charge in [0, 0.05) is 18.0 Å². The first-order valence-electron chi connectivity index (χ1n) is 5.70. The Morgan fingerprint density at radius 3 is 2.75 bits per heavy atom. The largest absolute Gasteiger partial charge is 0.393 e. The molecular weight excluding hydrogens is 220 g/mol. The van der Waals surface area contributed by atoms with Crippen molar-refractivity contribution < 1.29 is 5.11 Å². The first kappa shape index (κ1) is 11.5. The van der Waals surface area contributed by atoms with Crippen molar-refractivity contribution in [2.75, 3.05) is 0 Å². The molecule has 0 unspecified atom stereocenters. The van der Waals surface area contributed by atoms with Crippen molar-refractivity contribution in [1.29, 1.82) is 0 Å². The predicted molar refractivity (Wildman–Crippen MR) is 66.7 cm³/mol. The van der Waals surface area contributed by atoms with E-state index in [1.165, 1.54) is 5.56 Å². The van der Waals surface area contributed by atoms with Gasteiger partial charge in [0.15, 0.2) is 0 Å². The molecule has 0 bridgehead atoms. The third kappa shape index (κ3) is 1.95. The van der Waals surface area contributed by atoms with Crippen molar-refractivity contribution in [3.63, 3.8) is 0 Å². The Bertz CT molecular complexity index is 463. The van der Waals surface area contributed by atoms with Crippen molar-refractivity contribution >= 4 is 21.6 Å². The van der Waals surface area contributed by atoms with Gasteiger partial charge in [-0.1, -0.05) is 13.8 Å². The summed E-state index contributed by atoms with van der Waals surface area (Å²) in [6.07, 6.45) is 5.34. The molecule has 2 aromatic heterocycles. The molecule has 3 rings (SSSR count). The fourth-order valence-electron chi connectivity index (χ4n) is 1.95. The van der Waals surface area contributed by atoms with Crippen molar-refractivity contribution in [2.24, 2.45) is 0 Å². The number of hydrogen-bond acceptors (Lipinski definition) is 4. The van der Waals surface area contributed by atoms with Crippen LogP contribution in [0.15, 0.2) is 17.9 Å². The summed E-state index contributed by atoms with van der Waals surface area (Å²) in [6, 6.07) is 0. The molecular formula is C12H16N2OS. The SMILES string of the molecule is CC.OC1CC(c2cncc3scnc23)C1. The van der Waals surface area contributed by atoms with Crippen LogP contribution in [0.2, 0.25) is 0 Å². The van der Waals surface area contributed by atoms with Crippen LogP contribution in [0.4, 0.5) is 0 Å². The van der Waals surface area contributed by atoms with Crippen LogP contribution in [0.5, 0.6) is 0 Å². The van der Waals surface area contributed by atoms with Crippen LogP contribution in [0.25, 0.3) is 10.2 Å². The van der Waals surface area contributed by atoms with Crippen LogP contribution in [-0.4, -0.2) is 21.2 Å². The number of aromatic nitrogens is 2. The molecule has 1 fully saturated rings. The van der Waals surface area contributed by atoms with E-state index in [4.69, 9.17) is 0 Å². The molecule has 3 nitrogen and oxygen atoms in total. The van der Waals surface area contributed by atoms with Gasteiger partial charge in [-0.15, -0.1) is 11.3 Å². The van der Waals surface area contributed by atoms with Crippen LogP contribution in [0.3, 0.4) is 0 Å². The summed E-state index contributed by atoms with van der Waals surface area (Å²) in [5.74, 6) is 0.461. The lowest BCUT2D eigenvalue weighted by molar-refractivity contribution is 0.0750. The monoisotopic (exact) mass is 236 g/mol. The zero-order valence-corrected chi connectivity index (χ0v) is 10.4. The summed E-state index contributed by atoms with van der Waals surface area (Å²) in [6.45, 7) is 4.00. The van der Waals surface area contributed by atoms with Gasteiger partial charge in [-0.05, 0) is 18.8 Å². The summed E-state index contributed by atoms with van der Waals surface area (Å²) >= 11 is 1.62. The minimum Gasteiger partial charge on any atom is -0.393 e. The first-order valence-corrected chi connectivity index (χ1v) is 6.57. The number of pyridine rings is 1. The highest BCUT2D eigenvalue weighted by atomic mass is 32.1. The zero-order valence-electron chi connectivity index (χ0n) is 9.55. The molecule has 0 spiro atoms. The average molecular weight is 236 g/mol. The number of fused-ring (bicyclic) bond motifs is 1. The topological polar surface area (TPSA) is 46.0 Å². The second kappa shape index (κ2) is 4.89. The van der Waals surface area contributed by atoms with E-state index in [2.05, 4.69) is 9.97 Å². The lowest BCUT2D eigenvalue weighted by atomic mass is 9.78. The Labute approximate surface area is 99.2 Å². The predicted octanol–water partition coefficient (Wildman–Crippen LogP) is 2.96. The second-order valence-electron chi connectivity index (χ2n) is 3.75. The van der Waals surface area contributed by atoms with Gasteiger partial charge < -0.3 is 5.11 Å². The second-order valence-corrected chi connectivity index (χ2v) is 4.64. The maximum atomic E-state index is 9.26. The highest BCUT2D eigenvalue weighted by Gasteiger charge is 2.30. The van der Waals surface area contributed by atoms with E-state index < -0.39 is 0 Å². The molecule has 1 N–H and O–H groups in total. The molecule has 16 heavy (non-hydrogen) atoms. The smallest absolute Gasteiger partial charge is 0.0877 e. The van der Waals surface area contributed by atoms with E-state index in [-0.39, 0.29) is 6.10 Å². The Kier molecular flexibility index (Phi) is 3.51. The highest BCUT2D eigenvalue weighted by molar-refractivity contribution is 7.16. The van der Waals surface area contributed by atoms with Crippen LogP contribution in [0, 0.1) is 0 Å². The zero-order chi connectivity index (χ0) is 11.5. The van der Waals surface area contributed by atoms with E-state index in [9.17, 15) is 5.11 Å². The fourth-order valence-corrected chi connectivity index (χ4v) is 2.63. The van der Waals surface area contributed by atoms with Crippen LogP contribution in [-0.2, 0) is 0 Å². The van der Waals surface area contributed by atoms with Crippen molar-refractivity contribution in [3.8, 4) is 0 Å². The molecule has 4 heteroatoms. The highest BCUT2D eigenvalue weighted by Crippen LogP contribution is 2.39. The van der Waals surface area contributed by atoms with Gasteiger partial charge in [0.05, 0.1) is 21.8 Å². The lowest BCUT2D eigenvalue weighted by Crippen LogP contribution is -2.26. The van der Waals surface area contributed by atoms with Crippen LogP contribution >= 0.6 is 11.3 Å². The van der Waals surface area contributed by atoms with E-state index in [0.29, 0.717) is 5.92 Å². The third-order valence-electron chi connectivity index (χ3n) is 2.83. The third-order valence-corrected chi connectivity index (χ3v) is 3.59. The van der Waals surface area contributed by atoms with Gasteiger partial charge in [0.2, 0.25) is 0 Å². The summed E-state index contributed by atoms with van der Waals surface area (Å²) in [4.78, 5) is 8.55. The van der Waals surface area contributed by atoms with Crippen molar-refractivity contribution in [1.82, 2.24) is 9.97 Å². The van der Waals surface area contributed by atoms with Gasteiger partial charge in [-0.2, -0.15) is 0 Å². The molecule has 0 amide bonds. The van der Waals surface area contributed by atoms with Gasteiger partial charge >= 0.3 is 0 Å². The molecule has 2 aromatic rings. The fraction of sp³-hybridized carbons (Fsp3) is 0.500. The molecule has 0 aromatic carbocycles. The normalized spacial score (nSPS) is 23.4. The number of nitrogens with zero attached hydrogens (tertiary/aromatic N) is 2. The number of aliphatic hydroxyl groups is 1. The molecule has 86 valence electrons. The lowest BCUT2D eigenvalue weighted by Gasteiger charge is -2.31. The first-order chi connectivity index (χ1) is 7.84. The number of thiazole rings is 1. The Morgan fingerprint density at radius 2 is 2.06 bits per heavy atom. The van der Waals surface area contributed by atoms with E-state index in [0.717, 1.165) is 23.1 Å². The minimum absolute atomic E-state index is 0.117. The van der Waals surface area contributed by atoms with E-state index in [1.54, 1.807) is 11.3 Å². The van der Waals surface area contributed by atoms with Crippen molar-refractivity contribution in [3.05, 3.63) is 23.5 Å². The quantitative estimate of drug-likeness (QED) is 0.828. The van der Waals surface area contributed by atoms with Gasteiger partial charge in [0.25, 0.3) is 0 Å². The Morgan fingerprint density at radius 1 is 1.31 bits per heavy atom. The summed E-state index contributed by atoms with van der Waals surface area (Å²) in [5.41, 5.74) is 4.13. The number of rotatable bonds is 1. The van der Waals surface area contributed by atoms with Crippen LogP contribution in [0.1, 0.15) is 38.2 Å². The summed E-state index contributed by atoms with van der Waals surface area (Å²) in [7, 11) is 0. The summed E-state index contributed by atoms with van der Waals surface area (Å²) < 4.78 is 1.14. The van der Waals surface area contributed by atoms with Gasteiger partial charge in [-0.25, -0.2) is 4.98 Å². The maximum Gasteiger partial charge on any atom is 0.0877 e. The Balaban J connectivity index is 0.000000457. The molecule has 1 aliphatic carbocycles. The maximum absolute atomic E-state index is 9.26. The molecule has 0 radical (unpaired) electrons.